The normalized spacial score (nSPS) is 14.5. The minimum atomic E-state index is 0.118. The highest BCUT2D eigenvalue weighted by Crippen LogP contribution is 2.28. The summed E-state index contributed by atoms with van der Waals surface area (Å²) in [5.74, 6) is 0.884. The van der Waals surface area contributed by atoms with Gasteiger partial charge in [0.05, 0.1) is 12.8 Å². The number of methoxy groups -OCH3 is 1. The second-order valence-corrected chi connectivity index (χ2v) is 6.77. The zero-order valence-electron chi connectivity index (χ0n) is 16.2. The van der Waals surface area contributed by atoms with Gasteiger partial charge in [-0.05, 0) is 24.1 Å². The maximum absolute atomic E-state index is 12.6. The van der Waals surface area contributed by atoms with Gasteiger partial charge in [-0.15, -0.1) is 0 Å². The fourth-order valence-electron chi connectivity index (χ4n) is 3.42. The second kappa shape index (κ2) is 9.38. The number of nitrogens with zero attached hydrogens (tertiary/aromatic N) is 2. The molecule has 0 saturated carbocycles. The fourth-order valence-corrected chi connectivity index (χ4v) is 3.42. The first kappa shape index (κ1) is 19.2. The number of hydrogen-bond donors (Lipinski definition) is 0. The second-order valence-electron chi connectivity index (χ2n) is 6.77. The van der Waals surface area contributed by atoms with Crippen LogP contribution in [0.1, 0.15) is 25.3 Å². The van der Waals surface area contributed by atoms with E-state index in [0.717, 1.165) is 49.6 Å². The minimum Gasteiger partial charge on any atom is -0.497 e. The molecule has 2 aromatic rings. The summed E-state index contributed by atoms with van der Waals surface area (Å²) in [7, 11) is 1.65. The molecule has 1 heterocycles. The van der Waals surface area contributed by atoms with Crippen molar-refractivity contribution in [1.82, 2.24) is 4.90 Å². The Labute approximate surface area is 162 Å². The average Bonchev–Trinajstić information content (AvgIpc) is 2.74. The third-order valence-corrected chi connectivity index (χ3v) is 4.98. The van der Waals surface area contributed by atoms with Gasteiger partial charge in [-0.2, -0.15) is 0 Å². The molecule has 2 aromatic carbocycles. The first-order valence-electron chi connectivity index (χ1n) is 9.63. The quantitative estimate of drug-likeness (QED) is 0.735. The van der Waals surface area contributed by atoms with Crippen LogP contribution in [-0.4, -0.2) is 37.6 Å². The van der Waals surface area contributed by atoms with E-state index in [9.17, 15) is 4.79 Å². The highest BCUT2D eigenvalue weighted by atomic mass is 16.5. The van der Waals surface area contributed by atoms with E-state index in [2.05, 4.69) is 41.3 Å². The van der Waals surface area contributed by atoms with Crippen molar-refractivity contribution in [3.63, 3.8) is 0 Å². The molecule has 0 bridgehead atoms. The molecule has 0 aliphatic carbocycles. The van der Waals surface area contributed by atoms with Crippen LogP contribution in [0.15, 0.2) is 66.4 Å². The largest absolute Gasteiger partial charge is 0.497 e. The number of hydrogen-bond acceptors (Lipinski definition) is 3. The van der Waals surface area contributed by atoms with Crippen molar-refractivity contribution in [2.75, 3.05) is 31.6 Å². The standard InChI is InChI=1S/C23H28N2O2/c1-3-23(26)25(21-10-7-11-22(18-21)27-2)20-13-16-24(17-14-20)15-12-19-8-5-4-6-9-19/h4-11,13,18H,3,12,14-17H2,1-2H3. The Hall–Kier alpha value is -2.59. The van der Waals surface area contributed by atoms with E-state index in [1.54, 1.807) is 7.11 Å². The van der Waals surface area contributed by atoms with Crippen LogP contribution in [0.5, 0.6) is 5.75 Å². The molecule has 27 heavy (non-hydrogen) atoms. The van der Waals surface area contributed by atoms with E-state index in [0.29, 0.717) is 6.42 Å². The number of ether oxygens (including phenoxy) is 1. The molecule has 0 atom stereocenters. The van der Waals surface area contributed by atoms with E-state index in [1.807, 2.05) is 36.1 Å². The third kappa shape index (κ3) is 4.98. The zero-order valence-corrected chi connectivity index (χ0v) is 16.2. The van der Waals surface area contributed by atoms with Crippen molar-refractivity contribution in [2.24, 2.45) is 0 Å². The molecule has 0 saturated heterocycles. The Kier molecular flexibility index (Phi) is 6.66. The molecule has 0 unspecified atom stereocenters. The van der Waals surface area contributed by atoms with Gasteiger partial charge < -0.3 is 4.74 Å². The Morgan fingerprint density at radius 3 is 2.63 bits per heavy atom. The molecule has 1 amide bonds. The van der Waals surface area contributed by atoms with Gasteiger partial charge in [-0.1, -0.05) is 49.4 Å². The average molecular weight is 364 g/mol. The summed E-state index contributed by atoms with van der Waals surface area (Å²) >= 11 is 0. The number of carbonyl (C=O) groups is 1. The lowest BCUT2D eigenvalue weighted by Gasteiger charge is -2.32. The molecule has 0 N–H and O–H groups in total. The van der Waals surface area contributed by atoms with E-state index in [4.69, 9.17) is 4.74 Å². The number of rotatable bonds is 7. The number of benzene rings is 2. The highest BCUT2D eigenvalue weighted by Gasteiger charge is 2.22. The van der Waals surface area contributed by atoms with Crippen LogP contribution in [0, 0.1) is 0 Å². The van der Waals surface area contributed by atoms with Gasteiger partial charge in [0.1, 0.15) is 5.75 Å². The summed E-state index contributed by atoms with van der Waals surface area (Å²) in [6.45, 7) is 4.79. The van der Waals surface area contributed by atoms with Gasteiger partial charge in [0, 0.05) is 44.2 Å². The van der Waals surface area contributed by atoms with Crippen molar-refractivity contribution >= 4 is 11.6 Å². The summed E-state index contributed by atoms with van der Waals surface area (Å²) in [5.41, 5.74) is 3.34. The topological polar surface area (TPSA) is 32.8 Å². The molecule has 3 rings (SSSR count). The van der Waals surface area contributed by atoms with E-state index in [1.165, 1.54) is 5.56 Å². The van der Waals surface area contributed by atoms with E-state index in [-0.39, 0.29) is 5.91 Å². The van der Waals surface area contributed by atoms with E-state index < -0.39 is 0 Å². The SMILES string of the molecule is CCC(=O)N(C1=CCN(CCc2ccccc2)CC1)c1cccc(OC)c1. The number of amides is 1. The predicted octanol–water partition coefficient (Wildman–Crippen LogP) is 4.27. The monoisotopic (exact) mass is 364 g/mol. The molecule has 0 radical (unpaired) electrons. The molecule has 142 valence electrons. The van der Waals surface area contributed by atoms with Crippen molar-refractivity contribution in [2.45, 2.75) is 26.2 Å². The Morgan fingerprint density at radius 1 is 1.15 bits per heavy atom. The lowest BCUT2D eigenvalue weighted by molar-refractivity contribution is -0.117. The zero-order chi connectivity index (χ0) is 19.1. The van der Waals surface area contributed by atoms with Gasteiger partial charge in [-0.3, -0.25) is 14.6 Å². The molecule has 0 aromatic heterocycles. The van der Waals surface area contributed by atoms with Crippen LogP contribution in [-0.2, 0) is 11.2 Å². The molecule has 4 heteroatoms. The van der Waals surface area contributed by atoms with Gasteiger partial charge in [0.25, 0.3) is 0 Å². The molecule has 1 aliphatic heterocycles. The van der Waals surface area contributed by atoms with Crippen LogP contribution in [0.3, 0.4) is 0 Å². The molecular weight excluding hydrogens is 336 g/mol. The lowest BCUT2D eigenvalue weighted by atomic mass is 10.1. The van der Waals surface area contributed by atoms with Crippen LogP contribution < -0.4 is 9.64 Å². The Morgan fingerprint density at radius 2 is 1.96 bits per heavy atom. The van der Waals surface area contributed by atoms with Gasteiger partial charge in [0.2, 0.25) is 5.91 Å². The molecule has 0 spiro atoms. The van der Waals surface area contributed by atoms with Gasteiger partial charge >= 0.3 is 0 Å². The highest BCUT2D eigenvalue weighted by molar-refractivity contribution is 5.96. The van der Waals surface area contributed by atoms with E-state index >= 15 is 0 Å². The first-order chi connectivity index (χ1) is 13.2. The number of carbonyl (C=O) groups excluding carboxylic acids is 1. The number of anilines is 1. The lowest BCUT2D eigenvalue weighted by Crippen LogP contribution is -2.37. The molecule has 1 aliphatic rings. The minimum absolute atomic E-state index is 0.118. The van der Waals surface area contributed by atoms with Crippen molar-refractivity contribution < 1.29 is 9.53 Å². The van der Waals surface area contributed by atoms with Crippen molar-refractivity contribution in [3.8, 4) is 5.75 Å². The molecule has 4 nitrogen and oxygen atoms in total. The molecule has 0 fully saturated rings. The summed E-state index contributed by atoms with van der Waals surface area (Å²) < 4.78 is 5.33. The Bertz CT molecular complexity index is 786. The summed E-state index contributed by atoms with van der Waals surface area (Å²) in [6.07, 6.45) is 4.60. The van der Waals surface area contributed by atoms with Crippen LogP contribution in [0.25, 0.3) is 0 Å². The summed E-state index contributed by atoms with van der Waals surface area (Å²) in [4.78, 5) is 16.9. The van der Waals surface area contributed by atoms with Crippen molar-refractivity contribution in [3.05, 3.63) is 71.9 Å². The smallest absolute Gasteiger partial charge is 0.230 e. The Balaban J connectivity index is 1.69. The fraction of sp³-hybridized carbons (Fsp3) is 0.348. The summed E-state index contributed by atoms with van der Waals surface area (Å²) in [5, 5.41) is 0. The maximum atomic E-state index is 12.6. The van der Waals surface area contributed by atoms with Crippen LogP contribution >= 0.6 is 0 Å². The van der Waals surface area contributed by atoms with Crippen LogP contribution in [0.2, 0.25) is 0 Å². The third-order valence-electron chi connectivity index (χ3n) is 4.98. The van der Waals surface area contributed by atoms with Gasteiger partial charge in [-0.25, -0.2) is 0 Å². The summed E-state index contributed by atoms with van der Waals surface area (Å²) in [6, 6.07) is 18.3. The van der Waals surface area contributed by atoms with Gasteiger partial charge in [0.15, 0.2) is 0 Å². The maximum Gasteiger partial charge on any atom is 0.230 e. The first-order valence-corrected chi connectivity index (χ1v) is 9.63. The van der Waals surface area contributed by atoms with Crippen LogP contribution in [0.4, 0.5) is 5.69 Å². The predicted molar refractivity (Wildman–Crippen MR) is 110 cm³/mol. The van der Waals surface area contributed by atoms with Crippen molar-refractivity contribution in [1.29, 1.82) is 0 Å². The molecular formula is C23H28N2O2.